The highest BCUT2D eigenvalue weighted by molar-refractivity contribution is 6.07. The second kappa shape index (κ2) is 2.64. The molecule has 1 rings (SSSR count). The topological polar surface area (TPSA) is 37.4 Å². The number of nitrogens with zero attached hydrogens (tertiary/aromatic N) is 1. The molecular weight excluding hydrogens is 130 g/mol. The minimum Gasteiger partial charge on any atom is -0.278 e. The van der Waals surface area contributed by atoms with Crippen molar-refractivity contribution in [3.63, 3.8) is 0 Å². The molecule has 0 atom stereocenters. The highest BCUT2D eigenvalue weighted by Gasteiger charge is 2.27. The van der Waals surface area contributed by atoms with E-state index in [0.29, 0.717) is 6.54 Å². The molecule has 0 aliphatic carbocycles. The summed E-state index contributed by atoms with van der Waals surface area (Å²) in [6.07, 6.45) is 3.16. The molecule has 0 bridgehead atoms. The van der Waals surface area contributed by atoms with Crippen molar-refractivity contribution in [1.29, 1.82) is 0 Å². The molecule has 0 aromatic heterocycles. The maximum atomic E-state index is 10.8. The van der Waals surface area contributed by atoms with E-state index < -0.39 is 0 Å². The van der Waals surface area contributed by atoms with E-state index in [-0.39, 0.29) is 18.2 Å². The SMILES string of the molecule is C=CCN1C(=O)[CH]CC1=O. The molecule has 3 nitrogen and oxygen atoms in total. The predicted molar refractivity (Wildman–Crippen MR) is 35.8 cm³/mol. The maximum Gasteiger partial charge on any atom is 0.233 e. The number of carbonyl (C=O) groups excluding carboxylic acids is 2. The zero-order chi connectivity index (χ0) is 7.56. The van der Waals surface area contributed by atoms with E-state index in [1.54, 1.807) is 0 Å². The summed E-state index contributed by atoms with van der Waals surface area (Å²) in [7, 11) is 0. The summed E-state index contributed by atoms with van der Waals surface area (Å²) < 4.78 is 0. The van der Waals surface area contributed by atoms with Crippen LogP contribution in [0, 0.1) is 6.42 Å². The third kappa shape index (κ3) is 1.07. The molecule has 0 spiro atoms. The molecule has 0 saturated carbocycles. The van der Waals surface area contributed by atoms with Gasteiger partial charge in [-0.2, -0.15) is 0 Å². The third-order valence-electron chi connectivity index (χ3n) is 1.33. The van der Waals surface area contributed by atoms with Gasteiger partial charge in [-0.25, -0.2) is 0 Å². The number of rotatable bonds is 2. The van der Waals surface area contributed by atoms with Crippen LogP contribution in [0.4, 0.5) is 0 Å². The number of hydrogen-bond acceptors (Lipinski definition) is 2. The lowest BCUT2D eigenvalue weighted by Gasteiger charge is -2.08. The first kappa shape index (κ1) is 6.99. The number of likely N-dealkylation sites (tertiary alicyclic amines) is 1. The molecule has 53 valence electrons. The lowest BCUT2D eigenvalue weighted by Crippen LogP contribution is -2.28. The fraction of sp³-hybridized carbons (Fsp3) is 0.286. The summed E-state index contributed by atoms with van der Waals surface area (Å²) in [6, 6.07) is 0. The molecule has 1 fully saturated rings. The first-order valence-electron chi connectivity index (χ1n) is 3.04. The monoisotopic (exact) mass is 138 g/mol. The van der Waals surface area contributed by atoms with E-state index in [0.717, 1.165) is 0 Å². The minimum absolute atomic E-state index is 0.134. The molecule has 10 heavy (non-hydrogen) atoms. The lowest BCUT2D eigenvalue weighted by molar-refractivity contribution is -0.136. The van der Waals surface area contributed by atoms with Gasteiger partial charge in [-0.05, 0) is 0 Å². The van der Waals surface area contributed by atoms with Crippen molar-refractivity contribution in [2.45, 2.75) is 6.42 Å². The molecule has 1 saturated heterocycles. The molecule has 1 aliphatic rings. The van der Waals surface area contributed by atoms with Gasteiger partial charge >= 0.3 is 0 Å². The second-order valence-corrected chi connectivity index (χ2v) is 2.04. The van der Waals surface area contributed by atoms with Crippen molar-refractivity contribution in [3.05, 3.63) is 19.1 Å². The van der Waals surface area contributed by atoms with Crippen LogP contribution in [-0.2, 0) is 9.59 Å². The molecule has 0 unspecified atom stereocenters. The van der Waals surface area contributed by atoms with Gasteiger partial charge in [-0.1, -0.05) is 6.08 Å². The molecule has 0 N–H and O–H groups in total. The van der Waals surface area contributed by atoms with E-state index in [9.17, 15) is 9.59 Å². The van der Waals surface area contributed by atoms with Crippen LogP contribution < -0.4 is 0 Å². The van der Waals surface area contributed by atoms with Gasteiger partial charge in [0.2, 0.25) is 11.8 Å². The van der Waals surface area contributed by atoms with E-state index in [1.165, 1.54) is 17.4 Å². The van der Waals surface area contributed by atoms with E-state index in [1.807, 2.05) is 0 Å². The summed E-state index contributed by atoms with van der Waals surface area (Å²) in [5, 5.41) is 0. The summed E-state index contributed by atoms with van der Waals surface area (Å²) in [5.41, 5.74) is 0. The van der Waals surface area contributed by atoms with Crippen LogP contribution in [0.3, 0.4) is 0 Å². The molecular formula is C7H8NO2. The first-order valence-corrected chi connectivity index (χ1v) is 3.04. The Labute approximate surface area is 59.3 Å². The lowest BCUT2D eigenvalue weighted by atomic mass is 10.4. The average Bonchev–Trinajstić information content (AvgIpc) is 2.20. The summed E-state index contributed by atoms with van der Waals surface area (Å²) in [5.74, 6) is -0.338. The Bertz CT molecular complexity index is 170. The van der Waals surface area contributed by atoms with E-state index >= 15 is 0 Å². The molecule has 0 aromatic rings. The van der Waals surface area contributed by atoms with Crippen LogP contribution in [0.5, 0.6) is 0 Å². The highest BCUT2D eigenvalue weighted by Crippen LogP contribution is 2.09. The van der Waals surface area contributed by atoms with Crippen molar-refractivity contribution >= 4 is 11.8 Å². The van der Waals surface area contributed by atoms with Crippen molar-refractivity contribution in [2.24, 2.45) is 0 Å². The maximum absolute atomic E-state index is 10.8. The van der Waals surface area contributed by atoms with Crippen LogP contribution in [0.15, 0.2) is 12.7 Å². The van der Waals surface area contributed by atoms with Gasteiger partial charge in [0.1, 0.15) is 0 Å². The van der Waals surface area contributed by atoms with Crippen molar-refractivity contribution in [3.8, 4) is 0 Å². The zero-order valence-corrected chi connectivity index (χ0v) is 5.54. The molecule has 1 radical (unpaired) electrons. The predicted octanol–water partition coefficient (Wildman–Crippen LogP) is 0.136. The van der Waals surface area contributed by atoms with Crippen LogP contribution in [0.25, 0.3) is 0 Å². The largest absolute Gasteiger partial charge is 0.278 e. The van der Waals surface area contributed by atoms with Gasteiger partial charge in [0.15, 0.2) is 0 Å². The molecule has 0 aromatic carbocycles. The number of hydrogen-bond donors (Lipinski definition) is 0. The van der Waals surface area contributed by atoms with Gasteiger partial charge < -0.3 is 0 Å². The fourth-order valence-corrected chi connectivity index (χ4v) is 0.839. The third-order valence-corrected chi connectivity index (χ3v) is 1.33. The fourth-order valence-electron chi connectivity index (χ4n) is 0.839. The molecule has 3 heteroatoms. The minimum atomic E-state index is -0.204. The smallest absolute Gasteiger partial charge is 0.233 e. The zero-order valence-electron chi connectivity index (χ0n) is 5.54. The Balaban J connectivity index is 2.62. The number of carbonyl (C=O) groups is 2. The quantitative estimate of drug-likeness (QED) is 0.402. The number of amides is 2. The Kier molecular flexibility index (Phi) is 1.85. The van der Waals surface area contributed by atoms with Crippen LogP contribution in [0.2, 0.25) is 0 Å². The Hall–Kier alpha value is -1.12. The van der Waals surface area contributed by atoms with Crippen molar-refractivity contribution < 1.29 is 9.59 Å². The Morgan fingerprint density at radius 2 is 2.40 bits per heavy atom. The normalized spacial score (nSPS) is 18.2. The summed E-state index contributed by atoms with van der Waals surface area (Å²) in [6.45, 7) is 3.76. The van der Waals surface area contributed by atoms with Gasteiger partial charge in [-0.3, -0.25) is 14.5 Å². The van der Waals surface area contributed by atoms with Gasteiger partial charge in [0.05, 0.1) is 6.42 Å². The van der Waals surface area contributed by atoms with Crippen LogP contribution >= 0.6 is 0 Å². The van der Waals surface area contributed by atoms with E-state index in [2.05, 4.69) is 6.58 Å². The van der Waals surface area contributed by atoms with Crippen LogP contribution in [0.1, 0.15) is 6.42 Å². The Morgan fingerprint density at radius 1 is 1.70 bits per heavy atom. The molecule has 1 heterocycles. The van der Waals surface area contributed by atoms with Gasteiger partial charge in [0, 0.05) is 13.0 Å². The van der Waals surface area contributed by atoms with Gasteiger partial charge in [0.25, 0.3) is 0 Å². The van der Waals surface area contributed by atoms with Crippen molar-refractivity contribution in [2.75, 3.05) is 6.54 Å². The van der Waals surface area contributed by atoms with E-state index in [4.69, 9.17) is 0 Å². The standard InChI is InChI=1S/C7H8NO2/c1-2-5-8-6(9)3-4-7(8)10/h2-3H,1,4-5H2. The number of imide groups is 1. The highest BCUT2D eigenvalue weighted by atomic mass is 16.2. The average molecular weight is 138 g/mol. The van der Waals surface area contributed by atoms with Crippen LogP contribution in [-0.4, -0.2) is 23.3 Å². The summed E-state index contributed by atoms with van der Waals surface area (Å²) >= 11 is 0. The van der Waals surface area contributed by atoms with Gasteiger partial charge in [-0.15, -0.1) is 6.58 Å². The summed E-state index contributed by atoms with van der Waals surface area (Å²) in [4.78, 5) is 22.8. The second-order valence-electron chi connectivity index (χ2n) is 2.04. The molecule has 1 aliphatic heterocycles. The Morgan fingerprint density at radius 3 is 2.80 bits per heavy atom. The van der Waals surface area contributed by atoms with Crippen molar-refractivity contribution in [1.82, 2.24) is 4.90 Å². The molecule has 2 amide bonds. The first-order chi connectivity index (χ1) is 4.75.